The van der Waals surface area contributed by atoms with Crippen molar-refractivity contribution >= 4 is 34.7 Å². The molecule has 1 aromatic heterocycles. The SMILES string of the molecule is CCOc1ccccc1NC(=S)NNC(=O)c1cnn2c1N[C@@H](C)C[C@H]2C(F)(F)F. The predicted octanol–water partition coefficient (Wildman–Crippen LogP) is 3.22. The number of anilines is 2. The van der Waals surface area contributed by atoms with Gasteiger partial charge in [-0.25, -0.2) is 4.68 Å². The number of carbonyl (C=O) groups is 1. The van der Waals surface area contributed by atoms with Crippen LogP contribution in [0.25, 0.3) is 0 Å². The van der Waals surface area contributed by atoms with E-state index < -0.39 is 24.2 Å². The first-order chi connectivity index (χ1) is 14.2. The van der Waals surface area contributed by atoms with Gasteiger partial charge in [0.1, 0.15) is 17.1 Å². The van der Waals surface area contributed by atoms with Crippen molar-refractivity contribution in [2.24, 2.45) is 0 Å². The Kier molecular flexibility index (Phi) is 6.34. The fourth-order valence-electron chi connectivity index (χ4n) is 3.09. The lowest BCUT2D eigenvalue weighted by Gasteiger charge is -2.31. The number of hydrazine groups is 1. The van der Waals surface area contributed by atoms with E-state index in [-0.39, 0.29) is 22.9 Å². The van der Waals surface area contributed by atoms with Crippen LogP contribution in [-0.4, -0.2) is 39.6 Å². The van der Waals surface area contributed by atoms with E-state index in [1.54, 1.807) is 31.2 Å². The minimum Gasteiger partial charge on any atom is -0.492 e. The van der Waals surface area contributed by atoms with Gasteiger partial charge in [0.05, 0.1) is 18.5 Å². The lowest BCUT2D eigenvalue weighted by molar-refractivity contribution is -0.173. The molecule has 8 nitrogen and oxygen atoms in total. The molecule has 2 aromatic rings. The third-order valence-corrected chi connectivity index (χ3v) is 4.60. The van der Waals surface area contributed by atoms with Gasteiger partial charge in [-0.05, 0) is 44.6 Å². The molecule has 0 saturated heterocycles. The van der Waals surface area contributed by atoms with Gasteiger partial charge in [0.25, 0.3) is 5.91 Å². The van der Waals surface area contributed by atoms with Crippen molar-refractivity contribution in [3.63, 3.8) is 0 Å². The van der Waals surface area contributed by atoms with Gasteiger partial charge in [-0.1, -0.05) is 12.1 Å². The molecule has 2 atom stereocenters. The number of nitrogens with one attached hydrogen (secondary N) is 4. The van der Waals surface area contributed by atoms with Gasteiger partial charge in [-0.2, -0.15) is 18.3 Å². The average molecular weight is 442 g/mol. The van der Waals surface area contributed by atoms with Crippen LogP contribution in [0.5, 0.6) is 5.75 Å². The number of carbonyl (C=O) groups excluding carboxylic acids is 1. The quantitative estimate of drug-likeness (QED) is 0.427. The van der Waals surface area contributed by atoms with Crippen LogP contribution in [0.2, 0.25) is 0 Å². The minimum atomic E-state index is -4.47. The molecule has 3 rings (SSSR count). The summed E-state index contributed by atoms with van der Waals surface area (Å²) in [6, 6.07) is 4.83. The van der Waals surface area contributed by atoms with Gasteiger partial charge in [-0.3, -0.25) is 15.6 Å². The van der Waals surface area contributed by atoms with E-state index in [0.717, 1.165) is 10.9 Å². The van der Waals surface area contributed by atoms with Crippen LogP contribution in [-0.2, 0) is 0 Å². The van der Waals surface area contributed by atoms with E-state index in [0.29, 0.717) is 18.0 Å². The van der Waals surface area contributed by atoms with Crippen LogP contribution < -0.4 is 26.2 Å². The Morgan fingerprint density at radius 2 is 2.10 bits per heavy atom. The summed E-state index contributed by atoms with van der Waals surface area (Å²) < 4.78 is 46.2. The number of hydrogen-bond donors (Lipinski definition) is 4. The molecule has 0 radical (unpaired) electrons. The number of thiocarbonyl (C=S) groups is 1. The number of nitrogens with zero attached hydrogens (tertiary/aromatic N) is 2. The Bertz CT molecular complexity index is 933. The fraction of sp³-hybridized carbons (Fsp3) is 0.389. The highest BCUT2D eigenvalue weighted by Crippen LogP contribution is 2.40. The maximum absolute atomic E-state index is 13.3. The summed E-state index contributed by atoms with van der Waals surface area (Å²) in [4.78, 5) is 12.5. The summed E-state index contributed by atoms with van der Waals surface area (Å²) in [6.07, 6.45) is -3.55. The summed E-state index contributed by atoms with van der Waals surface area (Å²) >= 11 is 5.16. The molecule has 0 saturated carbocycles. The Balaban J connectivity index is 1.67. The first kappa shape index (κ1) is 21.7. The van der Waals surface area contributed by atoms with Crippen molar-refractivity contribution in [3.05, 3.63) is 36.0 Å². The summed E-state index contributed by atoms with van der Waals surface area (Å²) in [7, 11) is 0. The number of alkyl halides is 3. The van der Waals surface area contributed by atoms with Crippen molar-refractivity contribution in [1.29, 1.82) is 0 Å². The summed E-state index contributed by atoms with van der Waals surface area (Å²) in [6.45, 7) is 3.93. The molecule has 0 aliphatic carbocycles. The number of fused-ring (bicyclic) bond motifs is 1. The van der Waals surface area contributed by atoms with Gasteiger partial charge in [0.15, 0.2) is 11.2 Å². The number of aromatic nitrogens is 2. The summed E-state index contributed by atoms with van der Waals surface area (Å²) in [5.41, 5.74) is 5.46. The second-order valence-corrected chi connectivity index (χ2v) is 7.06. The second kappa shape index (κ2) is 8.78. The van der Waals surface area contributed by atoms with Gasteiger partial charge >= 0.3 is 6.18 Å². The number of para-hydroxylation sites is 2. The standard InChI is InChI=1S/C18H21F3N6O2S/c1-3-29-13-7-5-4-6-12(13)24-17(30)26-25-16(28)11-9-22-27-14(18(19,20)21)8-10(2)23-15(11)27/h4-7,9-10,14,23H,3,8H2,1-2H3,(H,25,28)(H2,24,26,30)/t10-,14-/m0/s1. The smallest absolute Gasteiger partial charge is 0.410 e. The molecule has 2 heterocycles. The normalized spacial score (nSPS) is 18.0. The zero-order valence-corrected chi connectivity index (χ0v) is 17.0. The zero-order valence-electron chi connectivity index (χ0n) is 16.2. The molecule has 0 spiro atoms. The van der Waals surface area contributed by atoms with Crippen molar-refractivity contribution in [1.82, 2.24) is 20.6 Å². The molecule has 1 amide bonds. The minimum absolute atomic E-state index is 0.0101. The van der Waals surface area contributed by atoms with Crippen molar-refractivity contribution < 1.29 is 22.7 Å². The summed E-state index contributed by atoms with van der Waals surface area (Å²) in [5, 5.41) is 9.62. The molecule has 30 heavy (non-hydrogen) atoms. The van der Waals surface area contributed by atoms with Crippen molar-refractivity contribution in [2.45, 2.75) is 38.5 Å². The molecular weight excluding hydrogens is 421 g/mol. The van der Waals surface area contributed by atoms with Crippen LogP contribution in [0.4, 0.5) is 24.7 Å². The molecule has 1 aliphatic rings. The second-order valence-electron chi connectivity index (χ2n) is 6.65. The lowest BCUT2D eigenvalue weighted by atomic mass is 10.1. The Hall–Kier alpha value is -3.02. The summed E-state index contributed by atoms with van der Waals surface area (Å²) in [5.74, 6) is -0.0884. The molecule has 12 heteroatoms. The third-order valence-electron chi connectivity index (χ3n) is 4.40. The molecule has 1 aromatic carbocycles. The van der Waals surface area contributed by atoms with E-state index in [2.05, 4.69) is 26.6 Å². The van der Waals surface area contributed by atoms with Crippen LogP contribution in [0.3, 0.4) is 0 Å². The average Bonchev–Trinajstić information content (AvgIpc) is 3.10. The molecule has 0 fully saturated rings. The van der Waals surface area contributed by atoms with Gasteiger partial charge in [-0.15, -0.1) is 0 Å². The van der Waals surface area contributed by atoms with E-state index >= 15 is 0 Å². The number of halogens is 3. The zero-order chi connectivity index (χ0) is 21.9. The van der Waals surface area contributed by atoms with Gasteiger partial charge in [0.2, 0.25) is 0 Å². The van der Waals surface area contributed by atoms with Gasteiger partial charge in [0, 0.05) is 6.04 Å². The van der Waals surface area contributed by atoms with E-state index in [1.165, 1.54) is 0 Å². The fourth-order valence-corrected chi connectivity index (χ4v) is 3.25. The number of benzene rings is 1. The Labute approximate surface area is 176 Å². The number of rotatable bonds is 4. The number of hydrogen-bond acceptors (Lipinski definition) is 5. The largest absolute Gasteiger partial charge is 0.492 e. The van der Waals surface area contributed by atoms with Crippen LogP contribution in [0.15, 0.2) is 30.5 Å². The highest BCUT2D eigenvalue weighted by atomic mass is 32.1. The predicted molar refractivity (Wildman–Crippen MR) is 109 cm³/mol. The number of amides is 1. The molecule has 0 bridgehead atoms. The molecule has 1 aliphatic heterocycles. The van der Waals surface area contributed by atoms with Crippen LogP contribution in [0, 0.1) is 0 Å². The van der Waals surface area contributed by atoms with Gasteiger partial charge < -0.3 is 15.4 Å². The van der Waals surface area contributed by atoms with E-state index in [4.69, 9.17) is 17.0 Å². The van der Waals surface area contributed by atoms with Crippen LogP contribution >= 0.6 is 12.2 Å². The molecule has 4 N–H and O–H groups in total. The van der Waals surface area contributed by atoms with Crippen molar-refractivity contribution in [2.75, 3.05) is 17.2 Å². The van der Waals surface area contributed by atoms with Crippen molar-refractivity contribution in [3.8, 4) is 5.75 Å². The topological polar surface area (TPSA) is 92.2 Å². The Morgan fingerprint density at radius 3 is 2.80 bits per heavy atom. The number of ether oxygens (including phenoxy) is 1. The molecular formula is C18H21F3N6O2S. The lowest BCUT2D eigenvalue weighted by Crippen LogP contribution is -2.44. The van der Waals surface area contributed by atoms with E-state index in [1.807, 2.05) is 6.92 Å². The Morgan fingerprint density at radius 1 is 1.37 bits per heavy atom. The highest BCUT2D eigenvalue weighted by Gasteiger charge is 2.46. The van der Waals surface area contributed by atoms with E-state index in [9.17, 15) is 18.0 Å². The maximum Gasteiger partial charge on any atom is 0.410 e. The monoisotopic (exact) mass is 442 g/mol. The van der Waals surface area contributed by atoms with Crippen LogP contribution in [0.1, 0.15) is 36.7 Å². The molecule has 162 valence electrons. The first-order valence-electron chi connectivity index (χ1n) is 9.20. The first-order valence-corrected chi connectivity index (χ1v) is 9.61. The maximum atomic E-state index is 13.3. The third kappa shape index (κ3) is 4.75. The molecule has 0 unspecified atom stereocenters. The highest BCUT2D eigenvalue weighted by molar-refractivity contribution is 7.80.